The fourth-order valence-corrected chi connectivity index (χ4v) is 2.48. The van der Waals surface area contributed by atoms with Gasteiger partial charge in [-0.3, -0.25) is 0 Å². The van der Waals surface area contributed by atoms with Crippen molar-refractivity contribution >= 4 is 0 Å². The van der Waals surface area contributed by atoms with Gasteiger partial charge in [0.2, 0.25) is 0 Å². The molecule has 1 aromatic carbocycles. The molecule has 1 aliphatic carbocycles. The largest absolute Gasteiger partial charge is 0.310 e. The molecule has 2 unspecified atom stereocenters. The molecular weight excluding hydrogens is 182 g/mol. The monoisotopic (exact) mass is 203 g/mol. The van der Waals surface area contributed by atoms with Gasteiger partial charge in [0.1, 0.15) is 0 Å². The van der Waals surface area contributed by atoms with Crippen LogP contribution in [0.2, 0.25) is 0 Å². The van der Waals surface area contributed by atoms with E-state index in [4.69, 9.17) is 0 Å². The lowest BCUT2D eigenvalue weighted by Gasteiger charge is -2.27. The Morgan fingerprint density at radius 2 is 2.00 bits per heavy atom. The van der Waals surface area contributed by atoms with E-state index >= 15 is 0 Å². The van der Waals surface area contributed by atoms with Gasteiger partial charge >= 0.3 is 0 Å². The average molecular weight is 203 g/mol. The van der Waals surface area contributed by atoms with Crippen molar-refractivity contribution in [3.8, 4) is 0 Å². The lowest BCUT2D eigenvalue weighted by molar-refractivity contribution is 0.300. The second-order valence-electron chi connectivity index (χ2n) is 4.84. The molecule has 2 rings (SSSR count). The van der Waals surface area contributed by atoms with Gasteiger partial charge in [-0.25, -0.2) is 0 Å². The van der Waals surface area contributed by atoms with Crippen molar-refractivity contribution in [2.45, 2.75) is 45.2 Å². The SMILES string of the molecule is CC1CCCC(NCc2ccccc2)C1. The minimum Gasteiger partial charge on any atom is -0.310 e. The molecule has 1 fully saturated rings. The Kier molecular flexibility index (Phi) is 3.79. The lowest BCUT2D eigenvalue weighted by atomic mass is 9.87. The second-order valence-corrected chi connectivity index (χ2v) is 4.84. The standard InChI is InChI=1S/C14H21N/c1-12-6-5-9-14(10-12)15-11-13-7-3-2-4-8-13/h2-4,7-8,12,14-15H,5-6,9-11H2,1H3. The third-order valence-electron chi connectivity index (χ3n) is 3.37. The predicted octanol–water partition coefficient (Wildman–Crippen LogP) is 3.35. The van der Waals surface area contributed by atoms with Crippen LogP contribution in [0.5, 0.6) is 0 Å². The Morgan fingerprint density at radius 3 is 2.73 bits per heavy atom. The summed E-state index contributed by atoms with van der Waals surface area (Å²) in [5.74, 6) is 0.909. The molecule has 0 aliphatic heterocycles. The Morgan fingerprint density at radius 1 is 1.20 bits per heavy atom. The van der Waals surface area contributed by atoms with Crippen LogP contribution in [-0.2, 0) is 6.54 Å². The summed E-state index contributed by atoms with van der Waals surface area (Å²) in [6.45, 7) is 3.40. The highest BCUT2D eigenvalue weighted by Crippen LogP contribution is 2.23. The van der Waals surface area contributed by atoms with E-state index in [1.807, 2.05) is 0 Å². The van der Waals surface area contributed by atoms with Crippen LogP contribution in [0.3, 0.4) is 0 Å². The van der Waals surface area contributed by atoms with Gasteiger partial charge in [0, 0.05) is 12.6 Å². The summed E-state index contributed by atoms with van der Waals surface area (Å²) >= 11 is 0. The van der Waals surface area contributed by atoms with Crippen molar-refractivity contribution in [2.24, 2.45) is 5.92 Å². The summed E-state index contributed by atoms with van der Waals surface area (Å²) < 4.78 is 0. The first kappa shape index (κ1) is 10.7. The van der Waals surface area contributed by atoms with E-state index in [0.29, 0.717) is 0 Å². The maximum atomic E-state index is 3.67. The zero-order valence-electron chi connectivity index (χ0n) is 9.58. The maximum absolute atomic E-state index is 3.67. The molecule has 0 amide bonds. The van der Waals surface area contributed by atoms with Crippen LogP contribution in [-0.4, -0.2) is 6.04 Å². The van der Waals surface area contributed by atoms with Gasteiger partial charge in [-0.2, -0.15) is 0 Å². The van der Waals surface area contributed by atoms with Crippen LogP contribution >= 0.6 is 0 Å². The van der Waals surface area contributed by atoms with Gasteiger partial charge in [0.05, 0.1) is 0 Å². The van der Waals surface area contributed by atoms with Crippen molar-refractivity contribution in [3.05, 3.63) is 35.9 Å². The zero-order valence-corrected chi connectivity index (χ0v) is 9.58. The predicted molar refractivity (Wildman–Crippen MR) is 64.7 cm³/mol. The Hall–Kier alpha value is -0.820. The van der Waals surface area contributed by atoms with Crippen LogP contribution in [0, 0.1) is 5.92 Å². The highest BCUT2D eigenvalue weighted by atomic mass is 14.9. The van der Waals surface area contributed by atoms with E-state index in [9.17, 15) is 0 Å². The van der Waals surface area contributed by atoms with Crippen LogP contribution in [0.1, 0.15) is 38.2 Å². The first-order chi connectivity index (χ1) is 7.34. The highest BCUT2D eigenvalue weighted by Gasteiger charge is 2.17. The van der Waals surface area contributed by atoms with Gasteiger partial charge in [-0.05, 0) is 24.3 Å². The maximum Gasteiger partial charge on any atom is 0.0208 e. The quantitative estimate of drug-likeness (QED) is 0.794. The van der Waals surface area contributed by atoms with E-state index in [2.05, 4.69) is 42.6 Å². The van der Waals surface area contributed by atoms with Crippen molar-refractivity contribution in [2.75, 3.05) is 0 Å². The summed E-state index contributed by atoms with van der Waals surface area (Å²) in [7, 11) is 0. The highest BCUT2D eigenvalue weighted by molar-refractivity contribution is 5.14. The molecular formula is C14H21N. The first-order valence-corrected chi connectivity index (χ1v) is 6.12. The number of hydrogen-bond acceptors (Lipinski definition) is 1. The zero-order chi connectivity index (χ0) is 10.5. The molecule has 0 radical (unpaired) electrons. The molecule has 1 N–H and O–H groups in total. The topological polar surface area (TPSA) is 12.0 Å². The summed E-state index contributed by atoms with van der Waals surface area (Å²) in [4.78, 5) is 0. The minimum absolute atomic E-state index is 0.744. The van der Waals surface area contributed by atoms with Crippen LogP contribution in [0.4, 0.5) is 0 Å². The van der Waals surface area contributed by atoms with Gasteiger partial charge in [0.15, 0.2) is 0 Å². The normalized spacial score (nSPS) is 26.5. The number of hydrogen-bond donors (Lipinski definition) is 1. The molecule has 0 bridgehead atoms. The van der Waals surface area contributed by atoms with E-state index < -0.39 is 0 Å². The number of rotatable bonds is 3. The molecule has 1 heteroatoms. The molecule has 1 aromatic rings. The van der Waals surface area contributed by atoms with Crippen molar-refractivity contribution in [1.82, 2.24) is 5.32 Å². The van der Waals surface area contributed by atoms with Crippen LogP contribution in [0.25, 0.3) is 0 Å². The molecule has 0 saturated heterocycles. The van der Waals surface area contributed by atoms with Crippen molar-refractivity contribution in [1.29, 1.82) is 0 Å². The molecule has 82 valence electrons. The minimum atomic E-state index is 0.744. The summed E-state index contributed by atoms with van der Waals surface area (Å²) in [6.07, 6.45) is 5.53. The fraction of sp³-hybridized carbons (Fsp3) is 0.571. The molecule has 1 nitrogen and oxygen atoms in total. The lowest BCUT2D eigenvalue weighted by Crippen LogP contribution is -2.33. The van der Waals surface area contributed by atoms with Crippen LogP contribution < -0.4 is 5.32 Å². The van der Waals surface area contributed by atoms with Crippen molar-refractivity contribution < 1.29 is 0 Å². The molecule has 15 heavy (non-hydrogen) atoms. The van der Waals surface area contributed by atoms with Crippen LogP contribution in [0.15, 0.2) is 30.3 Å². The summed E-state index contributed by atoms with van der Waals surface area (Å²) in [5, 5.41) is 3.67. The Balaban J connectivity index is 1.78. The Bertz CT molecular complexity index is 281. The first-order valence-electron chi connectivity index (χ1n) is 6.12. The molecule has 2 atom stereocenters. The average Bonchev–Trinajstić information content (AvgIpc) is 2.28. The van der Waals surface area contributed by atoms with E-state index in [1.54, 1.807) is 0 Å². The molecule has 0 heterocycles. The van der Waals surface area contributed by atoms with E-state index in [0.717, 1.165) is 18.5 Å². The number of nitrogens with one attached hydrogen (secondary N) is 1. The Labute approximate surface area is 92.9 Å². The van der Waals surface area contributed by atoms with Gasteiger partial charge in [-0.15, -0.1) is 0 Å². The molecule has 1 saturated carbocycles. The third-order valence-corrected chi connectivity index (χ3v) is 3.37. The number of benzene rings is 1. The summed E-state index contributed by atoms with van der Waals surface area (Å²) in [6, 6.07) is 11.4. The van der Waals surface area contributed by atoms with E-state index in [-0.39, 0.29) is 0 Å². The third kappa shape index (κ3) is 3.35. The molecule has 1 aliphatic rings. The molecule has 0 aromatic heterocycles. The summed E-state index contributed by atoms with van der Waals surface area (Å²) in [5.41, 5.74) is 1.40. The molecule has 0 spiro atoms. The van der Waals surface area contributed by atoms with E-state index in [1.165, 1.54) is 31.2 Å². The van der Waals surface area contributed by atoms with Gasteiger partial charge < -0.3 is 5.32 Å². The fourth-order valence-electron chi connectivity index (χ4n) is 2.48. The van der Waals surface area contributed by atoms with Crippen molar-refractivity contribution in [3.63, 3.8) is 0 Å². The smallest absolute Gasteiger partial charge is 0.0208 e. The van der Waals surface area contributed by atoms with Gasteiger partial charge in [0.25, 0.3) is 0 Å². The van der Waals surface area contributed by atoms with Gasteiger partial charge in [-0.1, -0.05) is 50.1 Å². The second kappa shape index (κ2) is 5.32.